The van der Waals surface area contributed by atoms with Crippen molar-refractivity contribution in [2.75, 3.05) is 0 Å². The van der Waals surface area contributed by atoms with Crippen LogP contribution in [0, 0.1) is 0 Å². The smallest absolute Gasteiger partial charge is 0.161 e. The molecule has 0 aliphatic carbocycles. The fourth-order valence-electron chi connectivity index (χ4n) is 1.62. The highest BCUT2D eigenvalue weighted by molar-refractivity contribution is 5.93. The maximum absolute atomic E-state index is 11.1. The highest BCUT2D eigenvalue weighted by atomic mass is 16.1. The van der Waals surface area contributed by atoms with Gasteiger partial charge in [-0.25, -0.2) is 9.97 Å². The summed E-state index contributed by atoms with van der Waals surface area (Å²) < 4.78 is 0. The van der Waals surface area contributed by atoms with Gasteiger partial charge in [0.1, 0.15) is 5.82 Å². The second-order valence-corrected chi connectivity index (χ2v) is 4.30. The lowest BCUT2D eigenvalue weighted by Crippen LogP contribution is -2.20. The van der Waals surface area contributed by atoms with Crippen molar-refractivity contribution < 1.29 is 4.79 Å². The van der Waals surface area contributed by atoms with Gasteiger partial charge in [0.25, 0.3) is 0 Å². The summed E-state index contributed by atoms with van der Waals surface area (Å²) in [7, 11) is 0. The van der Waals surface area contributed by atoms with E-state index in [4.69, 9.17) is 0 Å². The Kier molecular flexibility index (Phi) is 4.30. The van der Waals surface area contributed by atoms with Crippen LogP contribution >= 0.6 is 0 Å². The molecule has 0 spiro atoms. The SMILES string of the molecule is CC(=O)c1ccc(CN[C@H](C)c2ncccn2)nc1. The standard InChI is InChI=1S/C14H16N4O/c1-10(14-15-6-3-7-16-14)17-9-13-5-4-12(8-18-13)11(2)19/h3-8,10,17H,9H2,1-2H3/t10-/m1/s1. The number of nitrogens with zero attached hydrogens (tertiary/aromatic N) is 3. The molecule has 0 saturated heterocycles. The van der Waals surface area contributed by atoms with E-state index in [0.717, 1.165) is 11.5 Å². The summed E-state index contributed by atoms with van der Waals surface area (Å²) in [6, 6.07) is 5.48. The number of hydrogen-bond donors (Lipinski definition) is 1. The van der Waals surface area contributed by atoms with Gasteiger partial charge in [-0.2, -0.15) is 0 Å². The van der Waals surface area contributed by atoms with Crippen molar-refractivity contribution in [1.29, 1.82) is 0 Å². The lowest BCUT2D eigenvalue weighted by atomic mass is 10.2. The van der Waals surface area contributed by atoms with E-state index in [2.05, 4.69) is 20.3 Å². The molecule has 0 amide bonds. The largest absolute Gasteiger partial charge is 0.302 e. The third-order valence-electron chi connectivity index (χ3n) is 2.79. The number of carbonyl (C=O) groups excluding carboxylic acids is 1. The zero-order valence-electron chi connectivity index (χ0n) is 11.0. The van der Waals surface area contributed by atoms with Crippen molar-refractivity contribution in [2.45, 2.75) is 26.4 Å². The average molecular weight is 256 g/mol. The van der Waals surface area contributed by atoms with Crippen molar-refractivity contribution in [3.05, 3.63) is 53.9 Å². The summed E-state index contributed by atoms with van der Waals surface area (Å²) in [6.45, 7) is 4.14. The number of Topliss-reactive ketones (excluding diaryl/α,β-unsaturated/α-hetero) is 1. The van der Waals surface area contributed by atoms with Crippen LogP contribution < -0.4 is 5.32 Å². The molecule has 0 aromatic carbocycles. The molecule has 1 N–H and O–H groups in total. The van der Waals surface area contributed by atoms with Gasteiger partial charge in [-0.3, -0.25) is 9.78 Å². The fraction of sp³-hybridized carbons (Fsp3) is 0.286. The van der Waals surface area contributed by atoms with E-state index in [-0.39, 0.29) is 11.8 Å². The van der Waals surface area contributed by atoms with Crippen LogP contribution in [-0.2, 0) is 6.54 Å². The maximum Gasteiger partial charge on any atom is 0.161 e. The van der Waals surface area contributed by atoms with Crippen molar-refractivity contribution in [3.8, 4) is 0 Å². The third-order valence-corrected chi connectivity index (χ3v) is 2.79. The molecular weight excluding hydrogens is 240 g/mol. The number of aromatic nitrogens is 3. The summed E-state index contributed by atoms with van der Waals surface area (Å²) in [5.41, 5.74) is 1.51. The van der Waals surface area contributed by atoms with E-state index in [0.29, 0.717) is 12.1 Å². The van der Waals surface area contributed by atoms with Gasteiger partial charge in [-0.1, -0.05) is 0 Å². The monoisotopic (exact) mass is 256 g/mol. The van der Waals surface area contributed by atoms with Crippen LogP contribution in [0.2, 0.25) is 0 Å². The highest BCUT2D eigenvalue weighted by Gasteiger charge is 2.07. The first-order chi connectivity index (χ1) is 9.16. The minimum absolute atomic E-state index is 0.0260. The van der Waals surface area contributed by atoms with Gasteiger partial charge in [-0.15, -0.1) is 0 Å². The molecule has 2 heterocycles. The lowest BCUT2D eigenvalue weighted by Gasteiger charge is -2.11. The first-order valence-electron chi connectivity index (χ1n) is 6.13. The topological polar surface area (TPSA) is 67.8 Å². The van der Waals surface area contributed by atoms with Crippen LogP contribution in [0.25, 0.3) is 0 Å². The first-order valence-corrected chi connectivity index (χ1v) is 6.13. The van der Waals surface area contributed by atoms with E-state index >= 15 is 0 Å². The molecule has 0 unspecified atom stereocenters. The maximum atomic E-state index is 11.1. The van der Waals surface area contributed by atoms with E-state index in [9.17, 15) is 4.79 Å². The molecular formula is C14H16N4O. The van der Waals surface area contributed by atoms with Crippen LogP contribution in [0.4, 0.5) is 0 Å². The van der Waals surface area contributed by atoms with Gasteiger partial charge in [0.05, 0.1) is 11.7 Å². The van der Waals surface area contributed by atoms with Gasteiger partial charge in [0, 0.05) is 30.7 Å². The normalized spacial score (nSPS) is 12.1. The molecule has 1 atom stereocenters. The van der Waals surface area contributed by atoms with Crippen molar-refractivity contribution in [1.82, 2.24) is 20.3 Å². The van der Waals surface area contributed by atoms with Gasteiger partial charge in [-0.05, 0) is 32.0 Å². The van der Waals surface area contributed by atoms with E-state index < -0.39 is 0 Å². The van der Waals surface area contributed by atoms with E-state index in [1.54, 1.807) is 30.7 Å². The molecule has 5 heteroatoms. The molecule has 0 aliphatic rings. The number of rotatable bonds is 5. The van der Waals surface area contributed by atoms with Crippen LogP contribution in [0.3, 0.4) is 0 Å². The summed E-state index contributed by atoms with van der Waals surface area (Å²) in [4.78, 5) is 23.8. The van der Waals surface area contributed by atoms with Crippen LogP contribution in [0.15, 0.2) is 36.8 Å². The van der Waals surface area contributed by atoms with Crippen molar-refractivity contribution in [2.24, 2.45) is 0 Å². The molecule has 5 nitrogen and oxygen atoms in total. The Bertz CT molecular complexity index is 539. The van der Waals surface area contributed by atoms with E-state index in [1.807, 2.05) is 13.0 Å². The zero-order chi connectivity index (χ0) is 13.7. The molecule has 0 bridgehead atoms. The number of hydrogen-bond acceptors (Lipinski definition) is 5. The summed E-state index contributed by atoms with van der Waals surface area (Å²) in [5, 5.41) is 3.29. The molecule has 98 valence electrons. The average Bonchev–Trinajstić information content (AvgIpc) is 2.46. The second-order valence-electron chi connectivity index (χ2n) is 4.30. The first kappa shape index (κ1) is 13.3. The van der Waals surface area contributed by atoms with Gasteiger partial charge in [0.2, 0.25) is 0 Å². The van der Waals surface area contributed by atoms with Gasteiger partial charge in [0.15, 0.2) is 5.78 Å². The molecule has 0 aliphatic heterocycles. The van der Waals surface area contributed by atoms with Gasteiger partial charge < -0.3 is 5.32 Å². The number of ketones is 1. The number of carbonyl (C=O) groups is 1. The third kappa shape index (κ3) is 3.66. The minimum Gasteiger partial charge on any atom is -0.302 e. The van der Waals surface area contributed by atoms with Crippen LogP contribution in [0.1, 0.15) is 41.8 Å². The molecule has 0 saturated carbocycles. The highest BCUT2D eigenvalue weighted by Crippen LogP contribution is 2.07. The molecule has 2 aromatic rings. The van der Waals surface area contributed by atoms with Gasteiger partial charge >= 0.3 is 0 Å². The molecule has 0 fully saturated rings. The quantitative estimate of drug-likeness (QED) is 0.828. The molecule has 0 radical (unpaired) electrons. The summed E-state index contributed by atoms with van der Waals surface area (Å²) >= 11 is 0. The van der Waals surface area contributed by atoms with Crippen molar-refractivity contribution in [3.63, 3.8) is 0 Å². The Morgan fingerprint density at radius 1 is 1.26 bits per heavy atom. The second kappa shape index (κ2) is 6.15. The Morgan fingerprint density at radius 2 is 2.00 bits per heavy atom. The van der Waals surface area contributed by atoms with E-state index in [1.165, 1.54) is 6.92 Å². The fourth-order valence-corrected chi connectivity index (χ4v) is 1.62. The lowest BCUT2D eigenvalue weighted by molar-refractivity contribution is 0.101. The molecule has 19 heavy (non-hydrogen) atoms. The summed E-state index contributed by atoms with van der Waals surface area (Å²) in [6.07, 6.45) is 5.05. The number of nitrogens with one attached hydrogen (secondary N) is 1. The van der Waals surface area contributed by atoms with Crippen molar-refractivity contribution >= 4 is 5.78 Å². The number of pyridine rings is 1. The van der Waals surface area contributed by atoms with Crippen LogP contribution in [0.5, 0.6) is 0 Å². The zero-order valence-corrected chi connectivity index (χ0v) is 11.0. The Labute approximate surface area is 112 Å². The Hall–Kier alpha value is -2.14. The summed E-state index contributed by atoms with van der Waals surface area (Å²) in [5.74, 6) is 0.779. The Balaban J connectivity index is 1.93. The molecule has 2 aromatic heterocycles. The predicted molar refractivity (Wildman–Crippen MR) is 71.5 cm³/mol. The predicted octanol–water partition coefficient (Wildman–Crippen LogP) is 1.93. The Morgan fingerprint density at radius 3 is 2.58 bits per heavy atom. The minimum atomic E-state index is 0.0260. The van der Waals surface area contributed by atoms with Crippen LogP contribution in [-0.4, -0.2) is 20.7 Å². The molecule has 2 rings (SSSR count).